The Hall–Kier alpha value is -1.20. The number of rotatable bonds is 9. The van der Waals surface area contributed by atoms with E-state index >= 15 is 0 Å². The minimum absolute atomic E-state index is 0.0121. The van der Waals surface area contributed by atoms with E-state index in [0.717, 1.165) is 29.3 Å². The van der Waals surface area contributed by atoms with Crippen molar-refractivity contribution in [2.24, 2.45) is 5.92 Å². The Balaban J connectivity index is 1.41. The van der Waals surface area contributed by atoms with Crippen LogP contribution < -0.4 is 5.32 Å². The van der Waals surface area contributed by atoms with Gasteiger partial charge in [-0.3, -0.25) is 0 Å². The van der Waals surface area contributed by atoms with Gasteiger partial charge in [0.1, 0.15) is 0 Å². The minimum Gasteiger partial charge on any atom is -0.389 e. The van der Waals surface area contributed by atoms with Crippen LogP contribution in [0.3, 0.4) is 0 Å². The van der Waals surface area contributed by atoms with E-state index in [2.05, 4.69) is 59.4 Å². The first kappa shape index (κ1) is 21.5. The summed E-state index contributed by atoms with van der Waals surface area (Å²) in [5.74, 6) is 0.670. The van der Waals surface area contributed by atoms with Crippen LogP contribution in [-0.4, -0.2) is 29.9 Å². The van der Waals surface area contributed by atoms with Gasteiger partial charge in [-0.25, -0.2) is 0 Å². The van der Waals surface area contributed by atoms with Crippen LogP contribution >= 0.6 is 15.9 Å². The van der Waals surface area contributed by atoms with Crippen molar-refractivity contribution < 1.29 is 9.84 Å². The van der Waals surface area contributed by atoms with Gasteiger partial charge in [0, 0.05) is 16.6 Å². The third-order valence-electron chi connectivity index (χ3n) is 5.63. The van der Waals surface area contributed by atoms with Gasteiger partial charge in [-0.15, -0.1) is 0 Å². The maximum Gasteiger partial charge on any atom is 0.0898 e. The summed E-state index contributed by atoms with van der Waals surface area (Å²) < 4.78 is 6.93. The topological polar surface area (TPSA) is 41.5 Å². The highest BCUT2D eigenvalue weighted by molar-refractivity contribution is 9.10. The van der Waals surface area contributed by atoms with Gasteiger partial charge < -0.3 is 15.2 Å². The van der Waals surface area contributed by atoms with Crippen molar-refractivity contribution in [3.05, 3.63) is 69.7 Å². The van der Waals surface area contributed by atoms with Gasteiger partial charge in [0.2, 0.25) is 0 Å². The van der Waals surface area contributed by atoms with Gasteiger partial charge >= 0.3 is 0 Å². The molecule has 0 bridgehead atoms. The number of ether oxygens (including phenoxy) is 1. The SMILES string of the molecule is C[C@@H](OC[C@H](O)CNC(C)(C)CC1Cc2ccccc2C1)c1ccccc1Br. The molecule has 0 heterocycles. The third-order valence-corrected chi connectivity index (χ3v) is 6.35. The minimum atomic E-state index is -0.523. The lowest BCUT2D eigenvalue weighted by atomic mass is 9.88. The molecule has 1 aliphatic carbocycles. The zero-order valence-electron chi connectivity index (χ0n) is 17.1. The second-order valence-electron chi connectivity index (χ2n) is 8.66. The lowest BCUT2D eigenvalue weighted by molar-refractivity contribution is -0.00485. The van der Waals surface area contributed by atoms with Gasteiger partial charge in [0.05, 0.1) is 18.8 Å². The number of halogens is 1. The van der Waals surface area contributed by atoms with E-state index in [1.165, 1.54) is 11.1 Å². The molecule has 0 aromatic heterocycles. The average Bonchev–Trinajstić information content (AvgIpc) is 3.06. The number of β-amino-alcohol motifs (C(OH)–C–C–N with tert-alkyl or cyclic N) is 1. The summed E-state index contributed by atoms with van der Waals surface area (Å²) in [7, 11) is 0. The highest BCUT2D eigenvalue weighted by Crippen LogP contribution is 2.32. The molecule has 0 amide bonds. The summed E-state index contributed by atoms with van der Waals surface area (Å²) in [6.07, 6.45) is 2.84. The quantitative estimate of drug-likeness (QED) is 0.566. The summed E-state index contributed by atoms with van der Waals surface area (Å²) in [4.78, 5) is 0. The second kappa shape index (κ2) is 9.53. The number of aliphatic hydroxyl groups excluding tert-OH is 1. The van der Waals surface area contributed by atoms with E-state index in [0.29, 0.717) is 19.1 Å². The molecule has 2 N–H and O–H groups in total. The molecule has 0 saturated carbocycles. The van der Waals surface area contributed by atoms with Gasteiger partial charge in [-0.2, -0.15) is 0 Å². The van der Waals surface area contributed by atoms with Crippen LogP contribution in [-0.2, 0) is 17.6 Å². The van der Waals surface area contributed by atoms with Crippen LogP contribution in [0.1, 0.15) is 50.0 Å². The molecule has 3 rings (SSSR count). The Kier molecular flexibility index (Phi) is 7.32. The molecule has 3 nitrogen and oxygen atoms in total. The van der Waals surface area contributed by atoms with E-state index in [-0.39, 0.29) is 11.6 Å². The van der Waals surface area contributed by atoms with Crippen molar-refractivity contribution in [3.63, 3.8) is 0 Å². The number of aliphatic hydroxyl groups is 1. The Bertz CT molecular complexity index is 752. The predicted octanol–water partition coefficient (Wildman–Crippen LogP) is 5.06. The Labute approximate surface area is 177 Å². The number of fused-ring (bicyclic) bond motifs is 1. The number of benzene rings is 2. The Morgan fingerprint density at radius 2 is 1.71 bits per heavy atom. The zero-order valence-corrected chi connectivity index (χ0v) is 18.7. The molecule has 0 unspecified atom stereocenters. The van der Waals surface area contributed by atoms with Crippen molar-refractivity contribution in [1.29, 1.82) is 0 Å². The zero-order chi connectivity index (χ0) is 20.1. The van der Waals surface area contributed by atoms with Gasteiger partial charge in [0.25, 0.3) is 0 Å². The van der Waals surface area contributed by atoms with Crippen LogP contribution in [0.15, 0.2) is 53.0 Å². The van der Waals surface area contributed by atoms with Gasteiger partial charge in [0.15, 0.2) is 0 Å². The first-order valence-electron chi connectivity index (χ1n) is 10.2. The fourth-order valence-electron chi connectivity index (χ4n) is 4.19. The smallest absolute Gasteiger partial charge is 0.0898 e. The molecular formula is C24H32BrNO2. The molecule has 2 aromatic carbocycles. The molecular weight excluding hydrogens is 414 g/mol. The highest BCUT2D eigenvalue weighted by atomic mass is 79.9. The van der Waals surface area contributed by atoms with E-state index in [1.54, 1.807) is 0 Å². The molecule has 2 aromatic rings. The van der Waals surface area contributed by atoms with E-state index in [4.69, 9.17) is 4.74 Å². The monoisotopic (exact) mass is 445 g/mol. The lowest BCUT2D eigenvalue weighted by Crippen LogP contribution is -2.45. The molecule has 4 heteroatoms. The first-order chi connectivity index (χ1) is 13.3. The number of hydrogen-bond donors (Lipinski definition) is 2. The molecule has 0 aliphatic heterocycles. The normalized spacial score (nSPS) is 16.8. The number of hydrogen-bond acceptors (Lipinski definition) is 3. The summed E-state index contributed by atoms with van der Waals surface area (Å²) >= 11 is 3.56. The van der Waals surface area contributed by atoms with Crippen LogP contribution in [0.4, 0.5) is 0 Å². The first-order valence-corrected chi connectivity index (χ1v) is 11.0. The van der Waals surface area contributed by atoms with Crippen molar-refractivity contribution in [2.75, 3.05) is 13.2 Å². The van der Waals surface area contributed by atoms with Crippen molar-refractivity contribution in [2.45, 2.75) is 57.8 Å². The van der Waals surface area contributed by atoms with Crippen LogP contribution in [0.25, 0.3) is 0 Å². The lowest BCUT2D eigenvalue weighted by Gasteiger charge is -2.30. The van der Waals surface area contributed by atoms with Crippen molar-refractivity contribution in [1.82, 2.24) is 5.32 Å². The summed E-state index contributed by atoms with van der Waals surface area (Å²) in [5, 5.41) is 13.9. The predicted molar refractivity (Wildman–Crippen MR) is 119 cm³/mol. The molecule has 152 valence electrons. The van der Waals surface area contributed by atoms with Crippen molar-refractivity contribution >= 4 is 15.9 Å². The summed E-state index contributed by atoms with van der Waals surface area (Å²) in [6, 6.07) is 16.8. The van der Waals surface area contributed by atoms with Crippen LogP contribution in [0, 0.1) is 5.92 Å². The molecule has 1 aliphatic rings. The molecule has 0 spiro atoms. The van der Waals surface area contributed by atoms with Crippen molar-refractivity contribution in [3.8, 4) is 0 Å². The molecule has 2 atom stereocenters. The molecule has 0 fully saturated rings. The van der Waals surface area contributed by atoms with E-state index in [1.807, 2.05) is 31.2 Å². The maximum atomic E-state index is 10.4. The van der Waals surface area contributed by atoms with Crippen LogP contribution in [0.2, 0.25) is 0 Å². The third kappa shape index (κ3) is 5.90. The molecule has 0 radical (unpaired) electrons. The fraction of sp³-hybridized carbons (Fsp3) is 0.500. The summed E-state index contributed by atoms with van der Waals surface area (Å²) in [5.41, 5.74) is 4.08. The molecule has 0 saturated heterocycles. The standard InChI is InChI=1S/C24H32BrNO2/c1-17(22-10-6-7-11-23(22)25)28-16-21(27)15-26-24(2,3)14-18-12-19-8-4-5-9-20(19)13-18/h4-11,17-18,21,26-27H,12-16H2,1-3H3/t17-,21-/m1/s1. The Morgan fingerprint density at radius 1 is 1.11 bits per heavy atom. The van der Waals surface area contributed by atoms with Crippen LogP contribution in [0.5, 0.6) is 0 Å². The van der Waals surface area contributed by atoms with Gasteiger partial charge in [-0.1, -0.05) is 58.4 Å². The van der Waals surface area contributed by atoms with Gasteiger partial charge in [-0.05, 0) is 68.7 Å². The summed E-state index contributed by atoms with van der Waals surface area (Å²) in [6.45, 7) is 7.33. The highest BCUT2D eigenvalue weighted by Gasteiger charge is 2.28. The van der Waals surface area contributed by atoms with E-state index in [9.17, 15) is 5.11 Å². The van der Waals surface area contributed by atoms with E-state index < -0.39 is 6.10 Å². The molecule has 28 heavy (non-hydrogen) atoms. The second-order valence-corrected chi connectivity index (χ2v) is 9.52. The largest absolute Gasteiger partial charge is 0.389 e. The Morgan fingerprint density at radius 3 is 2.36 bits per heavy atom. The average molecular weight is 446 g/mol. The number of nitrogens with one attached hydrogen (secondary N) is 1. The maximum absolute atomic E-state index is 10.4. The fourth-order valence-corrected chi connectivity index (χ4v) is 4.80.